The molecule has 1 aromatic carbocycles. The Hall–Kier alpha value is -0.950. The van der Waals surface area contributed by atoms with Crippen LogP contribution >= 0.6 is 0 Å². The summed E-state index contributed by atoms with van der Waals surface area (Å²) in [5.74, 6) is 0. The minimum absolute atomic E-state index is 0.178. The first kappa shape index (κ1) is 18.0. The third kappa shape index (κ3) is 9.61. The van der Waals surface area contributed by atoms with Gasteiger partial charge in [0.15, 0.2) is 0 Å². The van der Waals surface area contributed by atoms with E-state index in [1.165, 1.54) is 18.7 Å². The summed E-state index contributed by atoms with van der Waals surface area (Å²) >= 11 is 0. The van der Waals surface area contributed by atoms with Gasteiger partial charge >= 0.3 is 0 Å². The SMILES string of the molecule is CNCC[N+](C)(C)C.Cc1ccc(S(=O)(=O)[O-])cc1. The lowest BCUT2D eigenvalue weighted by molar-refractivity contribution is -0.869. The van der Waals surface area contributed by atoms with Gasteiger partial charge < -0.3 is 14.4 Å². The molecule has 19 heavy (non-hydrogen) atoms. The van der Waals surface area contributed by atoms with Crippen LogP contribution in [0.5, 0.6) is 0 Å². The van der Waals surface area contributed by atoms with Crippen LogP contribution in [0.25, 0.3) is 0 Å². The van der Waals surface area contributed by atoms with Crippen LogP contribution in [-0.4, -0.2) is 58.7 Å². The molecule has 0 heterocycles. The number of benzene rings is 1. The Morgan fingerprint density at radius 1 is 1.16 bits per heavy atom. The molecule has 0 bridgehead atoms. The molecule has 0 spiro atoms. The summed E-state index contributed by atoms with van der Waals surface area (Å²) in [6.07, 6.45) is 0. The maximum absolute atomic E-state index is 10.4. The Labute approximate surface area is 116 Å². The first-order chi connectivity index (χ1) is 8.56. The van der Waals surface area contributed by atoms with E-state index in [9.17, 15) is 13.0 Å². The van der Waals surface area contributed by atoms with E-state index in [0.29, 0.717) is 0 Å². The van der Waals surface area contributed by atoms with Crippen LogP contribution in [0.15, 0.2) is 29.2 Å². The topological polar surface area (TPSA) is 69.2 Å². The van der Waals surface area contributed by atoms with E-state index in [1.54, 1.807) is 12.1 Å². The molecule has 0 aliphatic rings. The third-order valence-corrected chi connectivity index (χ3v) is 3.19. The van der Waals surface area contributed by atoms with Crippen molar-refractivity contribution in [3.63, 3.8) is 0 Å². The van der Waals surface area contributed by atoms with Crippen molar-refractivity contribution < 1.29 is 17.5 Å². The summed E-state index contributed by atoms with van der Waals surface area (Å²) in [6, 6.07) is 5.78. The first-order valence-electron chi connectivity index (χ1n) is 6.04. The summed E-state index contributed by atoms with van der Waals surface area (Å²) in [5, 5.41) is 3.11. The largest absolute Gasteiger partial charge is 0.744 e. The average Bonchev–Trinajstić information content (AvgIpc) is 2.25. The van der Waals surface area contributed by atoms with Gasteiger partial charge in [0.1, 0.15) is 10.1 Å². The van der Waals surface area contributed by atoms with Crippen molar-refractivity contribution in [2.75, 3.05) is 41.3 Å². The van der Waals surface area contributed by atoms with Crippen LogP contribution in [0.1, 0.15) is 5.56 Å². The van der Waals surface area contributed by atoms with Crippen LogP contribution in [-0.2, 0) is 10.1 Å². The third-order valence-electron chi connectivity index (χ3n) is 2.34. The predicted molar refractivity (Wildman–Crippen MR) is 76.0 cm³/mol. The van der Waals surface area contributed by atoms with E-state index in [1.807, 2.05) is 14.0 Å². The van der Waals surface area contributed by atoms with Crippen molar-refractivity contribution in [1.82, 2.24) is 5.32 Å². The number of quaternary nitrogens is 1. The zero-order valence-electron chi connectivity index (χ0n) is 12.3. The number of rotatable bonds is 4. The number of hydrogen-bond donors (Lipinski definition) is 1. The molecule has 0 fully saturated rings. The zero-order valence-corrected chi connectivity index (χ0v) is 13.1. The fourth-order valence-electron chi connectivity index (χ4n) is 1.15. The summed E-state index contributed by atoms with van der Waals surface area (Å²) in [4.78, 5) is -0.178. The Morgan fingerprint density at radius 2 is 1.63 bits per heavy atom. The van der Waals surface area contributed by atoms with Crippen LogP contribution < -0.4 is 5.32 Å². The molecule has 0 radical (unpaired) electrons. The second-order valence-corrected chi connectivity index (χ2v) is 6.76. The lowest BCUT2D eigenvalue weighted by Crippen LogP contribution is -2.39. The van der Waals surface area contributed by atoms with Gasteiger partial charge in [0.05, 0.1) is 32.6 Å². The van der Waals surface area contributed by atoms with E-state index in [-0.39, 0.29) is 4.90 Å². The molecule has 0 aliphatic heterocycles. The average molecular weight is 288 g/mol. The van der Waals surface area contributed by atoms with Crippen molar-refractivity contribution in [2.24, 2.45) is 0 Å². The molecule has 110 valence electrons. The fraction of sp³-hybridized carbons (Fsp3) is 0.538. The molecule has 1 N–H and O–H groups in total. The Bertz CT molecular complexity index is 462. The number of likely N-dealkylation sites (N-methyl/N-ethyl adjacent to an activating group) is 2. The predicted octanol–water partition coefficient (Wildman–Crippen LogP) is 0.811. The van der Waals surface area contributed by atoms with E-state index in [0.717, 1.165) is 16.6 Å². The van der Waals surface area contributed by atoms with Crippen LogP contribution in [0.2, 0.25) is 0 Å². The Balaban J connectivity index is 0.000000362. The Morgan fingerprint density at radius 3 is 1.89 bits per heavy atom. The lowest BCUT2D eigenvalue weighted by Gasteiger charge is -2.23. The monoisotopic (exact) mass is 288 g/mol. The van der Waals surface area contributed by atoms with Crippen molar-refractivity contribution in [3.8, 4) is 0 Å². The molecule has 0 unspecified atom stereocenters. The van der Waals surface area contributed by atoms with E-state index in [4.69, 9.17) is 0 Å². The van der Waals surface area contributed by atoms with Crippen LogP contribution in [0.3, 0.4) is 0 Å². The molecule has 6 heteroatoms. The van der Waals surface area contributed by atoms with Gasteiger partial charge in [0, 0.05) is 6.54 Å². The Kier molecular flexibility index (Phi) is 7.21. The minimum Gasteiger partial charge on any atom is -0.744 e. The van der Waals surface area contributed by atoms with Gasteiger partial charge in [-0.25, -0.2) is 8.42 Å². The number of nitrogens with one attached hydrogen (secondary N) is 1. The molecule has 0 saturated heterocycles. The van der Waals surface area contributed by atoms with Gasteiger partial charge in [-0.3, -0.25) is 0 Å². The quantitative estimate of drug-likeness (QED) is 0.657. The maximum Gasteiger partial charge on any atom is 0.124 e. The molecular weight excluding hydrogens is 264 g/mol. The molecule has 0 aromatic heterocycles. The number of aryl methyl sites for hydroxylation is 1. The summed E-state index contributed by atoms with van der Waals surface area (Å²) in [7, 11) is 4.29. The molecule has 0 saturated carbocycles. The van der Waals surface area contributed by atoms with Crippen molar-refractivity contribution in [3.05, 3.63) is 29.8 Å². The second-order valence-electron chi connectivity index (χ2n) is 5.38. The fourth-order valence-corrected chi connectivity index (χ4v) is 1.62. The van der Waals surface area contributed by atoms with E-state index in [2.05, 4.69) is 26.5 Å². The van der Waals surface area contributed by atoms with Gasteiger partial charge in [-0.15, -0.1) is 0 Å². The van der Waals surface area contributed by atoms with E-state index >= 15 is 0 Å². The second kappa shape index (κ2) is 7.59. The smallest absolute Gasteiger partial charge is 0.124 e. The van der Waals surface area contributed by atoms with Gasteiger partial charge in [-0.1, -0.05) is 17.7 Å². The highest BCUT2D eigenvalue weighted by Gasteiger charge is 2.02. The van der Waals surface area contributed by atoms with Gasteiger partial charge in [-0.05, 0) is 26.1 Å². The number of hydrogen-bond acceptors (Lipinski definition) is 4. The first-order valence-corrected chi connectivity index (χ1v) is 7.45. The van der Waals surface area contributed by atoms with Crippen molar-refractivity contribution in [1.29, 1.82) is 0 Å². The number of nitrogens with zero attached hydrogens (tertiary/aromatic N) is 1. The summed E-state index contributed by atoms with van der Waals surface area (Å²) in [6.45, 7) is 4.11. The standard InChI is InChI=1S/C7H8O3S.C6H17N2/c1-6-2-4-7(5-3-6)11(8,9)10;1-7-5-6-8(2,3)4/h2-5H,1H3,(H,8,9,10);7H,5-6H2,1-4H3/q;+1/p-1. The molecule has 1 rings (SSSR count). The molecule has 5 nitrogen and oxygen atoms in total. The van der Waals surface area contributed by atoms with Crippen LogP contribution in [0.4, 0.5) is 0 Å². The van der Waals surface area contributed by atoms with Crippen LogP contribution in [0, 0.1) is 6.92 Å². The molecule has 0 aliphatic carbocycles. The lowest BCUT2D eigenvalue weighted by atomic mass is 10.2. The van der Waals surface area contributed by atoms with Crippen molar-refractivity contribution in [2.45, 2.75) is 11.8 Å². The normalized spacial score (nSPS) is 11.7. The molecule has 0 atom stereocenters. The molecule has 0 amide bonds. The highest BCUT2D eigenvalue weighted by Crippen LogP contribution is 2.08. The van der Waals surface area contributed by atoms with Crippen molar-refractivity contribution >= 4 is 10.1 Å². The highest BCUT2D eigenvalue weighted by atomic mass is 32.2. The summed E-state index contributed by atoms with van der Waals surface area (Å²) < 4.78 is 32.2. The van der Waals surface area contributed by atoms with E-state index < -0.39 is 10.1 Å². The van der Waals surface area contributed by atoms with Gasteiger partial charge in [-0.2, -0.15) is 0 Å². The molecular formula is C13H24N2O3S. The maximum atomic E-state index is 10.4. The highest BCUT2D eigenvalue weighted by molar-refractivity contribution is 7.85. The minimum atomic E-state index is -4.27. The van der Waals surface area contributed by atoms with Gasteiger partial charge in [0.25, 0.3) is 0 Å². The molecule has 1 aromatic rings. The zero-order chi connectivity index (χ0) is 15.1. The summed E-state index contributed by atoms with van der Waals surface area (Å²) in [5.41, 5.74) is 0.928. The van der Waals surface area contributed by atoms with Gasteiger partial charge in [0.2, 0.25) is 0 Å².